The quantitative estimate of drug-likeness (QED) is 0.619. The molecule has 0 spiro atoms. The highest BCUT2D eigenvalue weighted by Crippen LogP contribution is 2.27. The molecule has 1 N–H and O–H groups in total. The van der Waals surface area contributed by atoms with E-state index in [1.807, 2.05) is 65.2 Å². The number of amides is 1. The van der Waals surface area contributed by atoms with Gasteiger partial charge in [-0.15, -0.1) is 10.2 Å². The summed E-state index contributed by atoms with van der Waals surface area (Å²) in [5, 5.41) is 11.9. The van der Waals surface area contributed by atoms with Crippen LogP contribution in [0.25, 0.3) is 22.5 Å². The van der Waals surface area contributed by atoms with Gasteiger partial charge in [0.1, 0.15) is 12.2 Å². The topological polar surface area (TPSA) is 73.0 Å². The Kier molecular flexibility index (Phi) is 3.78. The lowest BCUT2D eigenvalue weighted by atomic mass is 10.2. The molecule has 6 nitrogen and oxygen atoms in total. The molecule has 0 aliphatic heterocycles. The van der Waals surface area contributed by atoms with E-state index < -0.39 is 0 Å². The number of nitrogens with zero attached hydrogens (tertiary/aromatic N) is 3. The molecule has 0 atom stereocenters. The summed E-state index contributed by atoms with van der Waals surface area (Å²) in [4.78, 5) is 12.5. The fourth-order valence-corrected chi connectivity index (χ4v) is 2.82. The minimum absolute atomic E-state index is 0.120. The van der Waals surface area contributed by atoms with Gasteiger partial charge >= 0.3 is 0 Å². The Balaban J connectivity index is 1.71. The van der Waals surface area contributed by atoms with E-state index in [1.54, 1.807) is 6.92 Å². The van der Waals surface area contributed by atoms with Crippen molar-refractivity contribution in [1.29, 1.82) is 0 Å². The first-order valence-corrected chi connectivity index (χ1v) is 7.94. The molecule has 4 aromatic rings. The van der Waals surface area contributed by atoms with Crippen LogP contribution in [-0.2, 0) is 11.3 Å². The van der Waals surface area contributed by atoms with Crippen LogP contribution in [0.2, 0.25) is 0 Å². The molecule has 25 heavy (non-hydrogen) atoms. The lowest BCUT2D eigenvalue weighted by molar-refractivity contribution is -0.116. The average molecular weight is 332 g/mol. The predicted molar refractivity (Wildman–Crippen MR) is 95.0 cm³/mol. The van der Waals surface area contributed by atoms with Crippen molar-refractivity contribution in [3.8, 4) is 11.6 Å². The molecule has 2 aromatic heterocycles. The van der Waals surface area contributed by atoms with Gasteiger partial charge in [-0.05, 0) is 24.3 Å². The van der Waals surface area contributed by atoms with Crippen LogP contribution < -0.4 is 5.32 Å². The van der Waals surface area contributed by atoms with Gasteiger partial charge in [0, 0.05) is 23.5 Å². The maximum atomic E-state index is 12.5. The number of anilines is 1. The third-order valence-corrected chi connectivity index (χ3v) is 3.91. The molecule has 0 aliphatic rings. The van der Waals surface area contributed by atoms with E-state index in [0.29, 0.717) is 11.8 Å². The van der Waals surface area contributed by atoms with E-state index in [2.05, 4.69) is 15.5 Å². The first-order valence-electron chi connectivity index (χ1n) is 7.94. The van der Waals surface area contributed by atoms with Gasteiger partial charge in [-0.1, -0.05) is 36.4 Å². The molecule has 0 saturated heterocycles. The van der Waals surface area contributed by atoms with Crippen molar-refractivity contribution < 1.29 is 9.21 Å². The normalized spacial score (nSPS) is 10.9. The van der Waals surface area contributed by atoms with Crippen LogP contribution in [-0.4, -0.2) is 20.7 Å². The van der Waals surface area contributed by atoms with E-state index in [0.717, 1.165) is 22.3 Å². The molecule has 0 saturated carbocycles. The maximum Gasteiger partial charge on any atom is 0.264 e. The van der Waals surface area contributed by atoms with Gasteiger partial charge in [-0.3, -0.25) is 4.79 Å². The second-order valence-electron chi connectivity index (χ2n) is 5.71. The van der Waals surface area contributed by atoms with Gasteiger partial charge in [-0.2, -0.15) is 0 Å². The van der Waals surface area contributed by atoms with E-state index in [9.17, 15) is 4.79 Å². The highest BCUT2D eigenvalue weighted by molar-refractivity contribution is 5.93. The van der Waals surface area contributed by atoms with Gasteiger partial charge in [0.2, 0.25) is 11.8 Å². The van der Waals surface area contributed by atoms with Crippen LogP contribution in [0.3, 0.4) is 0 Å². The number of fused-ring (bicyclic) bond motifs is 1. The number of hydrogen-bond acceptors (Lipinski definition) is 4. The molecule has 1 amide bonds. The van der Waals surface area contributed by atoms with Crippen LogP contribution >= 0.6 is 0 Å². The Labute approximate surface area is 144 Å². The Morgan fingerprint density at radius 1 is 1.08 bits per heavy atom. The standard InChI is InChI=1S/C19H16N4O2/c1-13-21-22-19(25-13)17-11-14-7-5-6-10-16(14)23(17)12-18(24)20-15-8-3-2-4-9-15/h2-11H,12H2,1H3,(H,20,24). The van der Waals surface area contributed by atoms with Crippen LogP contribution in [0.1, 0.15) is 5.89 Å². The van der Waals surface area contributed by atoms with Crippen molar-refractivity contribution in [3.63, 3.8) is 0 Å². The van der Waals surface area contributed by atoms with Crippen molar-refractivity contribution in [1.82, 2.24) is 14.8 Å². The second-order valence-corrected chi connectivity index (χ2v) is 5.71. The van der Waals surface area contributed by atoms with Crippen LogP contribution in [0.15, 0.2) is 65.1 Å². The number of aromatic nitrogens is 3. The van der Waals surface area contributed by atoms with Crippen molar-refractivity contribution in [2.75, 3.05) is 5.32 Å². The Morgan fingerprint density at radius 2 is 1.84 bits per heavy atom. The molecule has 6 heteroatoms. The Bertz CT molecular complexity index is 1030. The zero-order valence-corrected chi connectivity index (χ0v) is 13.6. The third-order valence-electron chi connectivity index (χ3n) is 3.91. The highest BCUT2D eigenvalue weighted by Gasteiger charge is 2.17. The van der Waals surface area contributed by atoms with Crippen molar-refractivity contribution in [3.05, 3.63) is 66.6 Å². The summed E-state index contributed by atoms with van der Waals surface area (Å²) < 4.78 is 7.45. The maximum absolute atomic E-state index is 12.5. The second kappa shape index (κ2) is 6.24. The summed E-state index contributed by atoms with van der Waals surface area (Å²) in [6, 6.07) is 19.2. The molecule has 0 bridgehead atoms. The number of nitrogens with one attached hydrogen (secondary N) is 1. The largest absolute Gasteiger partial charge is 0.420 e. The van der Waals surface area contributed by atoms with E-state index in [4.69, 9.17) is 4.42 Å². The number of rotatable bonds is 4. The fraction of sp³-hybridized carbons (Fsp3) is 0.105. The molecule has 2 aromatic carbocycles. The summed E-state index contributed by atoms with van der Waals surface area (Å²) in [6.45, 7) is 1.89. The Hall–Kier alpha value is -3.41. The number of benzene rings is 2. The van der Waals surface area contributed by atoms with Crippen molar-refractivity contribution >= 4 is 22.5 Å². The number of carbonyl (C=O) groups excluding carboxylic acids is 1. The van der Waals surface area contributed by atoms with Crippen LogP contribution in [0, 0.1) is 6.92 Å². The zero-order chi connectivity index (χ0) is 17.2. The molecule has 124 valence electrons. The number of carbonyl (C=O) groups is 1. The first-order chi connectivity index (χ1) is 12.2. The van der Waals surface area contributed by atoms with E-state index in [1.165, 1.54) is 0 Å². The summed E-state index contributed by atoms with van der Waals surface area (Å²) in [5.41, 5.74) is 2.43. The monoisotopic (exact) mass is 332 g/mol. The molecule has 0 radical (unpaired) electrons. The minimum atomic E-state index is -0.120. The van der Waals surface area contributed by atoms with E-state index in [-0.39, 0.29) is 12.5 Å². The van der Waals surface area contributed by atoms with Gasteiger partial charge < -0.3 is 14.3 Å². The highest BCUT2D eigenvalue weighted by atomic mass is 16.4. The van der Waals surface area contributed by atoms with Crippen molar-refractivity contribution in [2.24, 2.45) is 0 Å². The molecule has 4 rings (SSSR count). The number of aryl methyl sites for hydroxylation is 1. The summed E-state index contributed by atoms with van der Waals surface area (Å²) in [5.74, 6) is 0.770. The van der Waals surface area contributed by atoms with Crippen LogP contribution in [0.5, 0.6) is 0 Å². The lowest BCUT2D eigenvalue weighted by Gasteiger charge is -2.09. The number of para-hydroxylation sites is 2. The average Bonchev–Trinajstić information content (AvgIpc) is 3.20. The fourth-order valence-electron chi connectivity index (χ4n) is 2.82. The SMILES string of the molecule is Cc1nnc(-c2cc3ccccc3n2CC(=O)Nc2ccccc2)o1. The van der Waals surface area contributed by atoms with Gasteiger partial charge in [0.15, 0.2) is 0 Å². The third kappa shape index (κ3) is 3.01. The Morgan fingerprint density at radius 3 is 2.60 bits per heavy atom. The van der Waals surface area contributed by atoms with Gasteiger partial charge in [-0.25, -0.2) is 0 Å². The van der Waals surface area contributed by atoms with E-state index >= 15 is 0 Å². The molecular weight excluding hydrogens is 316 g/mol. The van der Waals surface area contributed by atoms with Crippen LogP contribution in [0.4, 0.5) is 5.69 Å². The van der Waals surface area contributed by atoms with Crippen molar-refractivity contribution in [2.45, 2.75) is 13.5 Å². The van der Waals surface area contributed by atoms with Gasteiger partial charge in [0.05, 0.1) is 0 Å². The smallest absolute Gasteiger partial charge is 0.264 e. The summed E-state index contributed by atoms with van der Waals surface area (Å²) in [6.07, 6.45) is 0. The lowest BCUT2D eigenvalue weighted by Crippen LogP contribution is -2.19. The first kappa shape index (κ1) is 15.1. The minimum Gasteiger partial charge on any atom is -0.420 e. The predicted octanol–water partition coefficient (Wildman–Crippen LogP) is 3.64. The summed E-state index contributed by atoms with van der Waals surface area (Å²) in [7, 11) is 0. The molecule has 0 aliphatic carbocycles. The zero-order valence-electron chi connectivity index (χ0n) is 13.6. The van der Waals surface area contributed by atoms with Gasteiger partial charge in [0.25, 0.3) is 5.89 Å². The molecule has 0 unspecified atom stereocenters. The number of hydrogen-bond donors (Lipinski definition) is 1. The summed E-state index contributed by atoms with van der Waals surface area (Å²) >= 11 is 0. The molecule has 0 fully saturated rings. The molecular formula is C19H16N4O2. The molecule has 2 heterocycles.